The molecule has 0 amide bonds. The average molecular weight is 360 g/mol. The molecule has 0 unspecified atom stereocenters. The molecule has 2 aromatic carbocycles. The Morgan fingerprint density at radius 2 is 1.14 bits per heavy atom. The van der Waals surface area contributed by atoms with Crippen molar-refractivity contribution < 1.29 is 0 Å². The number of hydrogen-bond donors (Lipinski definition) is 0. The fourth-order valence-electron chi connectivity index (χ4n) is 4.72. The summed E-state index contributed by atoms with van der Waals surface area (Å²) in [7, 11) is 0. The normalized spacial score (nSPS) is 12.4. The Balaban J connectivity index is 2.06. The van der Waals surface area contributed by atoms with E-state index in [0.717, 1.165) is 49.1 Å². The Morgan fingerprint density at radius 1 is 0.571 bits per heavy atom. The molecule has 0 aliphatic rings. The number of benzene rings is 2. The lowest BCUT2D eigenvalue weighted by molar-refractivity contribution is 1.21. The van der Waals surface area contributed by atoms with Gasteiger partial charge in [-0.2, -0.15) is 0 Å². The first-order chi connectivity index (χ1) is 13.8. The molecule has 0 spiro atoms. The van der Waals surface area contributed by atoms with Gasteiger partial charge in [-0.25, -0.2) is 0 Å². The lowest BCUT2D eigenvalue weighted by atomic mass is 10.1. The Morgan fingerprint density at radius 3 is 1.86 bits per heavy atom. The molecule has 0 saturated heterocycles. The monoisotopic (exact) mass is 360 g/mol. The molecule has 5 heterocycles. The Bertz CT molecular complexity index is 1790. The summed E-state index contributed by atoms with van der Waals surface area (Å²) in [6.45, 7) is 0. The van der Waals surface area contributed by atoms with Crippen LogP contribution in [0.2, 0.25) is 0 Å². The Kier molecular flexibility index (Phi) is 2.34. The molecule has 0 radical (unpaired) electrons. The van der Waals surface area contributed by atoms with Crippen molar-refractivity contribution in [2.75, 3.05) is 0 Å². The van der Waals surface area contributed by atoms with Crippen LogP contribution in [-0.2, 0) is 0 Å². The number of rotatable bonds is 0. The summed E-state index contributed by atoms with van der Waals surface area (Å²) in [6, 6.07) is 16.0. The van der Waals surface area contributed by atoms with Crippen LogP contribution in [0.25, 0.3) is 54.5 Å². The van der Waals surface area contributed by atoms with Crippen molar-refractivity contribution in [2.45, 2.75) is 0 Å². The average Bonchev–Trinajstić information content (AvgIpc) is 3.22. The van der Waals surface area contributed by atoms with Crippen LogP contribution >= 0.6 is 0 Å². The minimum absolute atomic E-state index is 0.0137. The number of hydrogen-bond acceptors (Lipinski definition) is 3. The molecule has 0 N–H and O–H groups in total. The van der Waals surface area contributed by atoms with E-state index >= 15 is 0 Å². The van der Waals surface area contributed by atoms with Gasteiger partial charge in [-0.15, -0.1) is 0 Å². The second-order valence-electron chi connectivity index (χ2n) is 7.14. The Hall–Kier alpha value is -3.99. The van der Waals surface area contributed by atoms with Gasteiger partial charge in [-0.3, -0.25) is 19.2 Å². The third-order valence-electron chi connectivity index (χ3n) is 5.84. The SMILES string of the molecule is O=c1c2ccccc2n2c3ccncc3c3ccc4c5cnccc5n1c4c32. The van der Waals surface area contributed by atoms with Gasteiger partial charge in [0.05, 0.1) is 33.0 Å². The van der Waals surface area contributed by atoms with Crippen molar-refractivity contribution in [3.05, 3.63) is 83.7 Å². The maximum absolute atomic E-state index is 13.7. The molecule has 130 valence electrons. The zero-order valence-electron chi connectivity index (χ0n) is 14.6. The van der Waals surface area contributed by atoms with E-state index in [-0.39, 0.29) is 5.56 Å². The van der Waals surface area contributed by atoms with E-state index in [2.05, 4.69) is 26.5 Å². The zero-order valence-corrected chi connectivity index (χ0v) is 14.6. The summed E-state index contributed by atoms with van der Waals surface area (Å²) < 4.78 is 4.06. The number of nitrogens with zero attached hydrogens (tertiary/aromatic N) is 4. The minimum Gasteiger partial charge on any atom is -0.306 e. The van der Waals surface area contributed by atoms with E-state index in [1.54, 1.807) is 12.4 Å². The third-order valence-corrected chi connectivity index (χ3v) is 5.84. The standard InChI is InChI=1S/C23H12N4O/c28-23-15-3-1-2-4-18(15)26-19-7-9-24-11-16(19)13-5-6-14-17-12-25-10-8-20(17)27(23)22(14)21(13)26/h1-12H. The first-order valence-electron chi connectivity index (χ1n) is 9.14. The molecule has 7 rings (SSSR count). The molecule has 0 atom stereocenters. The van der Waals surface area contributed by atoms with Gasteiger partial charge >= 0.3 is 0 Å². The molecule has 5 nitrogen and oxygen atoms in total. The van der Waals surface area contributed by atoms with Crippen LogP contribution in [0.4, 0.5) is 0 Å². The van der Waals surface area contributed by atoms with Crippen molar-refractivity contribution in [1.29, 1.82) is 0 Å². The molecule has 5 aromatic heterocycles. The molecule has 0 aliphatic heterocycles. The molecule has 0 fully saturated rings. The quantitative estimate of drug-likeness (QED) is 0.403. The van der Waals surface area contributed by atoms with Crippen LogP contribution in [0.3, 0.4) is 0 Å². The van der Waals surface area contributed by atoms with Crippen LogP contribution in [0.5, 0.6) is 0 Å². The second kappa shape index (κ2) is 4.64. The topological polar surface area (TPSA) is 51.7 Å². The first-order valence-corrected chi connectivity index (χ1v) is 9.14. The van der Waals surface area contributed by atoms with Gasteiger partial charge in [0.25, 0.3) is 5.56 Å². The van der Waals surface area contributed by atoms with Gasteiger partial charge in [0, 0.05) is 46.3 Å². The van der Waals surface area contributed by atoms with Gasteiger partial charge in [-0.05, 0) is 24.3 Å². The lowest BCUT2D eigenvalue weighted by Crippen LogP contribution is -2.09. The first kappa shape index (κ1) is 14.1. The van der Waals surface area contributed by atoms with Crippen molar-refractivity contribution in [3.63, 3.8) is 0 Å². The van der Waals surface area contributed by atoms with E-state index in [9.17, 15) is 4.79 Å². The van der Waals surface area contributed by atoms with Crippen LogP contribution < -0.4 is 5.56 Å². The van der Waals surface area contributed by atoms with Gasteiger partial charge in [0.2, 0.25) is 0 Å². The lowest BCUT2D eigenvalue weighted by Gasteiger charge is -2.00. The Labute approximate surface area is 157 Å². The predicted molar refractivity (Wildman–Crippen MR) is 111 cm³/mol. The van der Waals surface area contributed by atoms with E-state index in [4.69, 9.17) is 0 Å². The van der Waals surface area contributed by atoms with E-state index in [0.29, 0.717) is 5.39 Å². The largest absolute Gasteiger partial charge is 0.306 e. The zero-order chi connectivity index (χ0) is 18.4. The number of fused-ring (bicyclic) bond motifs is 8. The molecule has 0 saturated carbocycles. The van der Waals surface area contributed by atoms with Crippen molar-refractivity contribution in [3.8, 4) is 0 Å². The van der Waals surface area contributed by atoms with Gasteiger partial charge in [0.1, 0.15) is 0 Å². The molecule has 7 aromatic rings. The summed E-state index contributed by atoms with van der Waals surface area (Å²) in [5.41, 5.74) is 4.79. The molecular formula is C23H12N4O. The van der Waals surface area contributed by atoms with Gasteiger partial charge in [-0.1, -0.05) is 24.3 Å². The van der Waals surface area contributed by atoms with E-state index in [1.807, 2.05) is 53.2 Å². The van der Waals surface area contributed by atoms with Crippen molar-refractivity contribution >= 4 is 54.5 Å². The molecule has 5 heteroatoms. The summed E-state index contributed by atoms with van der Waals surface area (Å²) in [5.74, 6) is 0. The number of pyridine rings is 2. The summed E-state index contributed by atoms with van der Waals surface area (Å²) >= 11 is 0. The highest BCUT2D eigenvalue weighted by molar-refractivity contribution is 6.23. The number of aromatic nitrogens is 4. The predicted octanol–water partition coefficient (Wildman–Crippen LogP) is 4.39. The van der Waals surface area contributed by atoms with Gasteiger partial charge < -0.3 is 4.40 Å². The van der Waals surface area contributed by atoms with Crippen LogP contribution in [0.1, 0.15) is 0 Å². The maximum Gasteiger partial charge on any atom is 0.265 e. The van der Waals surface area contributed by atoms with Crippen LogP contribution in [0.15, 0.2) is 78.1 Å². The highest BCUT2D eigenvalue weighted by atomic mass is 16.1. The third kappa shape index (κ3) is 1.44. The summed E-state index contributed by atoms with van der Waals surface area (Å²) in [4.78, 5) is 22.3. The number of para-hydroxylation sites is 1. The fraction of sp³-hybridized carbons (Fsp3) is 0. The smallest absolute Gasteiger partial charge is 0.265 e. The fourth-order valence-corrected chi connectivity index (χ4v) is 4.72. The molecule has 0 bridgehead atoms. The van der Waals surface area contributed by atoms with Crippen molar-refractivity contribution in [2.24, 2.45) is 0 Å². The highest BCUT2D eigenvalue weighted by Gasteiger charge is 2.20. The van der Waals surface area contributed by atoms with Gasteiger partial charge in [0.15, 0.2) is 0 Å². The summed E-state index contributed by atoms with van der Waals surface area (Å²) in [5, 5.41) is 4.89. The van der Waals surface area contributed by atoms with Crippen LogP contribution in [-0.4, -0.2) is 18.8 Å². The van der Waals surface area contributed by atoms with E-state index in [1.165, 1.54) is 0 Å². The minimum atomic E-state index is -0.0137. The summed E-state index contributed by atoms with van der Waals surface area (Å²) in [6.07, 6.45) is 7.29. The van der Waals surface area contributed by atoms with Crippen LogP contribution in [0, 0.1) is 0 Å². The van der Waals surface area contributed by atoms with Crippen molar-refractivity contribution in [1.82, 2.24) is 18.8 Å². The molecule has 28 heavy (non-hydrogen) atoms. The molecule has 0 aliphatic carbocycles. The maximum atomic E-state index is 13.7. The highest BCUT2D eigenvalue weighted by Crippen LogP contribution is 2.38. The van der Waals surface area contributed by atoms with E-state index < -0.39 is 0 Å². The second-order valence-corrected chi connectivity index (χ2v) is 7.14. The molecular weight excluding hydrogens is 348 g/mol.